The first kappa shape index (κ1) is 15.1. The van der Waals surface area contributed by atoms with Crippen LogP contribution in [0.25, 0.3) is 0 Å². The third kappa shape index (κ3) is 5.02. The average Bonchev–Trinajstić information content (AvgIpc) is 2.32. The fourth-order valence-electron chi connectivity index (χ4n) is 1.31. The van der Waals surface area contributed by atoms with Crippen molar-refractivity contribution < 1.29 is 18.0 Å². The highest BCUT2D eigenvalue weighted by atomic mass is 19.4. The van der Waals surface area contributed by atoms with Gasteiger partial charge in [-0.25, -0.2) is 4.98 Å². The lowest BCUT2D eigenvalue weighted by atomic mass is 10.2. The van der Waals surface area contributed by atoms with E-state index < -0.39 is 17.6 Å². The summed E-state index contributed by atoms with van der Waals surface area (Å²) in [6.45, 7) is 2.11. The molecule has 0 bridgehead atoms. The summed E-state index contributed by atoms with van der Waals surface area (Å²) in [7, 11) is 0. The number of nitrogens with one attached hydrogen (secondary N) is 2. The zero-order valence-corrected chi connectivity index (χ0v) is 10.3. The lowest BCUT2D eigenvalue weighted by Crippen LogP contribution is -2.22. The summed E-state index contributed by atoms with van der Waals surface area (Å²) in [4.78, 5) is 14.5. The molecule has 4 N–H and O–H groups in total. The lowest BCUT2D eigenvalue weighted by molar-refractivity contribution is -0.137. The number of carbonyl (C=O) groups is 1. The number of rotatable bonds is 6. The SMILES string of the molecule is CCCNc1cc(C(F)(F)F)cc(NCC(N)=O)n1. The predicted molar refractivity (Wildman–Crippen MR) is 65.7 cm³/mol. The molecule has 0 saturated heterocycles. The fraction of sp³-hybridized carbons (Fsp3) is 0.455. The molecule has 5 nitrogen and oxygen atoms in total. The number of hydrogen-bond donors (Lipinski definition) is 3. The Bertz CT molecular complexity index is 448. The predicted octanol–water partition coefficient (Wildman–Crippen LogP) is 1.82. The Kier molecular flexibility index (Phi) is 4.96. The quantitative estimate of drug-likeness (QED) is 0.740. The first-order chi connectivity index (χ1) is 8.82. The minimum atomic E-state index is -4.48. The molecule has 1 amide bonds. The molecule has 0 aliphatic heterocycles. The second kappa shape index (κ2) is 6.26. The van der Waals surface area contributed by atoms with Crippen molar-refractivity contribution in [2.24, 2.45) is 5.73 Å². The number of pyridine rings is 1. The van der Waals surface area contributed by atoms with Gasteiger partial charge in [-0.05, 0) is 18.6 Å². The molecule has 0 saturated carbocycles. The van der Waals surface area contributed by atoms with Gasteiger partial charge in [-0.2, -0.15) is 13.2 Å². The van der Waals surface area contributed by atoms with Crippen molar-refractivity contribution in [3.8, 4) is 0 Å². The van der Waals surface area contributed by atoms with Crippen LogP contribution < -0.4 is 16.4 Å². The third-order valence-corrected chi connectivity index (χ3v) is 2.15. The monoisotopic (exact) mass is 276 g/mol. The number of hydrogen-bond acceptors (Lipinski definition) is 4. The van der Waals surface area contributed by atoms with E-state index in [4.69, 9.17) is 5.73 Å². The van der Waals surface area contributed by atoms with Gasteiger partial charge in [0.1, 0.15) is 11.6 Å². The second-order valence-corrected chi connectivity index (χ2v) is 3.87. The Morgan fingerprint density at radius 2 is 1.89 bits per heavy atom. The number of nitrogens with two attached hydrogens (primary N) is 1. The highest BCUT2D eigenvalue weighted by Gasteiger charge is 2.31. The molecule has 0 unspecified atom stereocenters. The molecule has 0 spiro atoms. The van der Waals surface area contributed by atoms with Crippen molar-refractivity contribution in [1.82, 2.24) is 4.98 Å². The Hall–Kier alpha value is -1.99. The summed E-state index contributed by atoms with van der Waals surface area (Å²) in [6.07, 6.45) is -3.73. The Morgan fingerprint density at radius 3 is 2.37 bits per heavy atom. The highest BCUT2D eigenvalue weighted by molar-refractivity contribution is 5.78. The number of anilines is 2. The summed E-state index contributed by atoms with van der Waals surface area (Å²) in [5.41, 5.74) is 4.08. The van der Waals surface area contributed by atoms with E-state index in [1.165, 1.54) is 0 Å². The Morgan fingerprint density at radius 1 is 1.32 bits per heavy atom. The number of primary amides is 1. The first-order valence-electron chi connectivity index (χ1n) is 5.68. The van der Waals surface area contributed by atoms with E-state index in [9.17, 15) is 18.0 Å². The van der Waals surface area contributed by atoms with Crippen LogP contribution in [0.15, 0.2) is 12.1 Å². The van der Waals surface area contributed by atoms with Crippen molar-refractivity contribution >= 4 is 17.5 Å². The van der Waals surface area contributed by atoms with Crippen LogP contribution in [0.5, 0.6) is 0 Å². The third-order valence-electron chi connectivity index (χ3n) is 2.15. The van der Waals surface area contributed by atoms with Crippen molar-refractivity contribution in [2.75, 3.05) is 23.7 Å². The maximum absolute atomic E-state index is 12.7. The van der Waals surface area contributed by atoms with Crippen molar-refractivity contribution in [2.45, 2.75) is 19.5 Å². The molecule has 0 fully saturated rings. The second-order valence-electron chi connectivity index (χ2n) is 3.87. The maximum Gasteiger partial charge on any atom is 0.416 e. The van der Waals surface area contributed by atoms with Crippen LogP contribution in [0.4, 0.5) is 24.8 Å². The number of carbonyl (C=O) groups excluding carboxylic acids is 1. The number of halogens is 3. The molecule has 1 heterocycles. The van der Waals surface area contributed by atoms with Crippen LogP contribution in [0, 0.1) is 0 Å². The van der Waals surface area contributed by atoms with E-state index >= 15 is 0 Å². The first-order valence-corrected chi connectivity index (χ1v) is 5.68. The summed E-state index contributed by atoms with van der Waals surface area (Å²) < 4.78 is 38.1. The van der Waals surface area contributed by atoms with Crippen LogP contribution >= 0.6 is 0 Å². The topological polar surface area (TPSA) is 80.0 Å². The van der Waals surface area contributed by atoms with Crippen molar-refractivity contribution in [3.63, 3.8) is 0 Å². The molecule has 19 heavy (non-hydrogen) atoms. The molecule has 0 aliphatic rings. The van der Waals surface area contributed by atoms with Gasteiger partial charge in [0.15, 0.2) is 0 Å². The van der Waals surface area contributed by atoms with Gasteiger partial charge in [0.25, 0.3) is 0 Å². The van der Waals surface area contributed by atoms with Crippen molar-refractivity contribution in [3.05, 3.63) is 17.7 Å². The van der Waals surface area contributed by atoms with Crippen LogP contribution in [0.2, 0.25) is 0 Å². The number of nitrogens with zero attached hydrogens (tertiary/aromatic N) is 1. The van der Waals surface area contributed by atoms with Gasteiger partial charge in [0.2, 0.25) is 5.91 Å². The van der Waals surface area contributed by atoms with Crippen molar-refractivity contribution in [1.29, 1.82) is 0 Å². The Labute approximate surface area is 108 Å². The molecule has 8 heteroatoms. The zero-order valence-electron chi connectivity index (χ0n) is 10.3. The summed E-state index contributed by atoms with van der Waals surface area (Å²) in [6, 6.07) is 1.76. The van der Waals surface area contributed by atoms with Crippen LogP contribution in [-0.2, 0) is 11.0 Å². The molecule has 0 aromatic carbocycles. The maximum atomic E-state index is 12.7. The summed E-state index contributed by atoms with van der Waals surface area (Å²) in [5, 5.41) is 5.22. The molecule has 0 aliphatic carbocycles. The number of amides is 1. The standard InChI is InChI=1S/C11H15F3N4O/c1-2-3-16-9-4-7(11(12,13)14)5-10(18-9)17-6-8(15)19/h4-5H,2-3,6H2,1H3,(H2,15,19)(H2,16,17,18). The van der Waals surface area contributed by atoms with Gasteiger partial charge in [0.05, 0.1) is 12.1 Å². The highest BCUT2D eigenvalue weighted by Crippen LogP contribution is 2.31. The molecule has 1 aromatic heterocycles. The van der Waals surface area contributed by atoms with E-state index in [1.54, 1.807) is 0 Å². The largest absolute Gasteiger partial charge is 0.416 e. The van der Waals surface area contributed by atoms with E-state index in [0.717, 1.165) is 18.6 Å². The van der Waals surface area contributed by atoms with Crippen LogP contribution in [-0.4, -0.2) is 24.0 Å². The minimum absolute atomic E-state index is 0.0489. The zero-order chi connectivity index (χ0) is 14.5. The van der Waals surface area contributed by atoms with Gasteiger partial charge in [0, 0.05) is 6.54 Å². The average molecular weight is 276 g/mol. The number of aromatic nitrogens is 1. The molecular formula is C11H15F3N4O. The van der Waals surface area contributed by atoms with E-state index in [1.807, 2.05) is 6.92 Å². The normalized spacial score (nSPS) is 11.2. The molecular weight excluding hydrogens is 261 g/mol. The van der Waals surface area contributed by atoms with Gasteiger partial charge in [-0.1, -0.05) is 6.92 Å². The van der Waals surface area contributed by atoms with E-state index in [-0.39, 0.29) is 18.2 Å². The molecule has 0 atom stereocenters. The van der Waals surface area contributed by atoms with Gasteiger partial charge < -0.3 is 16.4 Å². The lowest BCUT2D eigenvalue weighted by Gasteiger charge is -2.13. The van der Waals surface area contributed by atoms with Gasteiger partial charge in [-0.3, -0.25) is 4.79 Å². The molecule has 0 radical (unpaired) electrons. The van der Waals surface area contributed by atoms with Crippen LogP contribution in [0.3, 0.4) is 0 Å². The minimum Gasteiger partial charge on any atom is -0.370 e. The smallest absolute Gasteiger partial charge is 0.370 e. The fourth-order valence-corrected chi connectivity index (χ4v) is 1.31. The summed E-state index contributed by atoms with van der Waals surface area (Å²) >= 11 is 0. The number of alkyl halides is 3. The van der Waals surface area contributed by atoms with Gasteiger partial charge in [-0.15, -0.1) is 0 Å². The summed E-state index contributed by atoms with van der Waals surface area (Å²) in [5.74, 6) is -0.627. The molecule has 1 rings (SSSR count). The van der Waals surface area contributed by atoms with E-state index in [2.05, 4.69) is 15.6 Å². The molecule has 1 aromatic rings. The molecule has 106 valence electrons. The van der Waals surface area contributed by atoms with Gasteiger partial charge >= 0.3 is 6.18 Å². The van der Waals surface area contributed by atoms with E-state index in [0.29, 0.717) is 6.54 Å². The Balaban J connectivity index is 2.98. The van der Waals surface area contributed by atoms with Crippen LogP contribution in [0.1, 0.15) is 18.9 Å².